The average molecular weight is 390 g/mol. The summed E-state index contributed by atoms with van der Waals surface area (Å²) in [7, 11) is 1.53. The van der Waals surface area contributed by atoms with Crippen molar-refractivity contribution < 1.29 is 27.5 Å². The highest BCUT2D eigenvalue weighted by Crippen LogP contribution is 2.28. The topological polar surface area (TPSA) is 60.3 Å². The van der Waals surface area contributed by atoms with Gasteiger partial charge in [0.25, 0.3) is 5.91 Å². The minimum Gasteiger partial charge on any atom is -0.406 e. The van der Waals surface area contributed by atoms with Crippen molar-refractivity contribution in [2.45, 2.75) is 19.7 Å². The second-order valence-electron chi connectivity index (χ2n) is 6.14. The van der Waals surface area contributed by atoms with Gasteiger partial charge in [-0.05, 0) is 42.8 Å². The number of ether oxygens (including phenoxy) is 1. The van der Waals surface area contributed by atoms with Crippen LogP contribution in [0.3, 0.4) is 0 Å². The second-order valence-corrected chi connectivity index (χ2v) is 6.14. The van der Waals surface area contributed by atoms with Crippen molar-refractivity contribution in [1.29, 1.82) is 0 Å². The Morgan fingerprint density at radius 3 is 2.32 bits per heavy atom. The second kappa shape index (κ2) is 7.38. The third-order valence-corrected chi connectivity index (χ3v) is 4.40. The molecule has 1 N–H and O–H groups in total. The zero-order valence-electron chi connectivity index (χ0n) is 15.1. The van der Waals surface area contributed by atoms with E-state index in [2.05, 4.69) is 10.1 Å². The average Bonchev–Trinajstić information content (AvgIpc) is 2.92. The van der Waals surface area contributed by atoms with Gasteiger partial charge in [-0.25, -0.2) is 0 Å². The van der Waals surface area contributed by atoms with Gasteiger partial charge in [0.2, 0.25) is 5.91 Å². The summed E-state index contributed by atoms with van der Waals surface area (Å²) in [5, 5.41) is 3.33. The predicted molar refractivity (Wildman–Crippen MR) is 97.3 cm³/mol. The third-order valence-electron chi connectivity index (χ3n) is 4.40. The van der Waals surface area contributed by atoms with Crippen LogP contribution in [-0.4, -0.2) is 29.8 Å². The van der Waals surface area contributed by atoms with E-state index in [1.54, 1.807) is 19.1 Å². The van der Waals surface area contributed by atoms with E-state index >= 15 is 0 Å². The monoisotopic (exact) mass is 390 g/mol. The van der Waals surface area contributed by atoms with Crippen LogP contribution in [0.2, 0.25) is 0 Å². The molecule has 3 rings (SSSR count). The fraction of sp³-hybridized carbons (Fsp3) is 0.200. The quantitative estimate of drug-likeness (QED) is 0.737. The number of nitrogens with zero attached hydrogens (tertiary/aromatic N) is 1. The number of benzene rings is 2. The maximum absolute atomic E-state index is 13.0. The number of nitrogens with one attached hydrogen (secondary N) is 1. The van der Waals surface area contributed by atoms with Crippen molar-refractivity contribution in [3.8, 4) is 5.75 Å². The Kier molecular flexibility index (Phi) is 5.13. The van der Waals surface area contributed by atoms with E-state index in [1.165, 1.54) is 23.7 Å². The number of carbonyl (C=O) groups is 2. The van der Waals surface area contributed by atoms with Crippen LogP contribution in [0.25, 0.3) is 10.9 Å². The fourth-order valence-corrected chi connectivity index (χ4v) is 3.10. The minimum absolute atomic E-state index is 0.113. The molecule has 1 amide bonds. The Bertz CT molecular complexity index is 1040. The molecule has 8 heteroatoms. The molecule has 0 aliphatic carbocycles. The molecule has 146 valence electrons. The number of rotatable bonds is 4. The largest absolute Gasteiger partial charge is 0.573 e. The van der Waals surface area contributed by atoms with Crippen LogP contribution in [-0.2, 0) is 11.2 Å². The maximum atomic E-state index is 13.0. The lowest BCUT2D eigenvalue weighted by atomic mass is 10.1. The Morgan fingerprint density at radius 1 is 1.07 bits per heavy atom. The lowest BCUT2D eigenvalue weighted by Gasteiger charge is -2.10. The van der Waals surface area contributed by atoms with Crippen LogP contribution in [0, 0.1) is 6.92 Å². The highest BCUT2D eigenvalue weighted by Gasteiger charge is 2.31. The smallest absolute Gasteiger partial charge is 0.406 e. The fourth-order valence-electron chi connectivity index (χ4n) is 3.10. The van der Waals surface area contributed by atoms with Gasteiger partial charge < -0.3 is 10.1 Å². The number of amides is 1. The Hall–Kier alpha value is -3.29. The van der Waals surface area contributed by atoms with E-state index in [9.17, 15) is 22.8 Å². The van der Waals surface area contributed by atoms with Gasteiger partial charge in [0.05, 0.1) is 11.9 Å². The molecule has 2 aromatic carbocycles. The molecule has 0 fully saturated rings. The molecule has 0 aliphatic rings. The lowest BCUT2D eigenvalue weighted by Crippen LogP contribution is -2.21. The first-order valence-corrected chi connectivity index (χ1v) is 8.41. The van der Waals surface area contributed by atoms with Crippen LogP contribution in [0.1, 0.15) is 21.6 Å². The third kappa shape index (κ3) is 3.85. The van der Waals surface area contributed by atoms with E-state index in [0.29, 0.717) is 11.2 Å². The van der Waals surface area contributed by atoms with Gasteiger partial charge in [0, 0.05) is 23.7 Å². The Morgan fingerprint density at radius 2 is 1.71 bits per heavy atom. The van der Waals surface area contributed by atoms with E-state index in [-0.39, 0.29) is 17.9 Å². The number of likely N-dealkylation sites (N-methyl/N-ethyl adjacent to an activating group) is 1. The summed E-state index contributed by atoms with van der Waals surface area (Å²) in [6, 6.07) is 11.9. The summed E-state index contributed by atoms with van der Waals surface area (Å²) < 4.78 is 42.2. The van der Waals surface area contributed by atoms with E-state index in [1.807, 2.05) is 12.1 Å². The van der Waals surface area contributed by atoms with Crippen LogP contribution < -0.4 is 10.1 Å². The van der Waals surface area contributed by atoms with Gasteiger partial charge in [-0.2, -0.15) is 0 Å². The van der Waals surface area contributed by atoms with Crippen LogP contribution in [0.5, 0.6) is 5.75 Å². The number of hydrogen-bond acceptors (Lipinski definition) is 3. The number of alkyl halides is 3. The first-order valence-electron chi connectivity index (χ1n) is 8.41. The van der Waals surface area contributed by atoms with E-state index in [0.717, 1.165) is 23.1 Å². The molecule has 0 saturated carbocycles. The number of halogens is 3. The van der Waals surface area contributed by atoms with Crippen molar-refractivity contribution in [1.82, 2.24) is 9.88 Å². The summed E-state index contributed by atoms with van der Waals surface area (Å²) in [4.78, 5) is 24.9. The molecule has 28 heavy (non-hydrogen) atoms. The summed E-state index contributed by atoms with van der Waals surface area (Å²) in [6.45, 7) is 1.73. The van der Waals surface area contributed by atoms with E-state index < -0.39 is 18.0 Å². The van der Waals surface area contributed by atoms with Crippen molar-refractivity contribution >= 4 is 22.7 Å². The SMILES string of the molecule is CNC(=O)Cc1c(C)n(C(=O)c2ccc(OC(F)(F)F)cc2)c2ccccc12. The van der Waals surface area contributed by atoms with Crippen molar-refractivity contribution in [3.05, 3.63) is 65.4 Å². The van der Waals surface area contributed by atoms with Gasteiger partial charge in [-0.3, -0.25) is 14.2 Å². The van der Waals surface area contributed by atoms with E-state index in [4.69, 9.17) is 0 Å². The summed E-state index contributed by atoms with van der Waals surface area (Å²) in [6.07, 6.45) is -4.69. The summed E-state index contributed by atoms with van der Waals surface area (Å²) >= 11 is 0. The number of aromatic nitrogens is 1. The van der Waals surface area contributed by atoms with Gasteiger partial charge in [0.1, 0.15) is 5.75 Å². The number of fused-ring (bicyclic) bond motifs is 1. The molecular formula is C20H17F3N2O3. The highest BCUT2D eigenvalue weighted by molar-refractivity contribution is 6.04. The molecule has 0 unspecified atom stereocenters. The molecule has 0 bridgehead atoms. The standard InChI is InChI=1S/C20H17F3N2O3/c1-12-16(11-18(26)24-2)15-5-3-4-6-17(15)25(12)19(27)13-7-9-14(10-8-13)28-20(21,22)23/h3-10H,11H2,1-2H3,(H,24,26). The van der Waals surface area contributed by atoms with Crippen LogP contribution in [0.15, 0.2) is 48.5 Å². The first kappa shape index (κ1) is 19.5. The zero-order chi connectivity index (χ0) is 20.5. The number of carbonyl (C=O) groups excluding carboxylic acids is 2. The van der Waals surface area contributed by atoms with Gasteiger partial charge in [0.15, 0.2) is 0 Å². The van der Waals surface area contributed by atoms with Crippen LogP contribution in [0.4, 0.5) is 13.2 Å². The van der Waals surface area contributed by atoms with Gasteiger partial charge >= 0.3 is 6.36 Å². The van der Waals surface area contributed by atoms with Crippen LogP contribution >= 0.6 is 0 Å². The highest BCUT2D eigenvalue weighted by atomic mass is 19.4. The van der Waals surface area contributed by atoms with Gasteiger partial charge in [-0.15, -0.1) is 13.2 Å². The molecule has 0 atom stereocenters. The number of para-hydroxylation sites is 1. The maximum Gasteiger partial charge on any atom is 0.573 e. The predicted octanol–water partition coefficient (Wildman–Crippen LogP) is 3.83. The Balaban J connectivity index is 2.02. The van der Waals surface area contributed by atoms with Crippen molar-refractivity contribution in [3.63, 3.8) is 0 Å². The molecule has 5 nitrogen and oxygen atoms in total. The van der Waals surface area contributed by atoms with Gasteiger partial charge in [-0.1, -0.05) is 18.2 Å². The molecule has 0 spiro atoms. The minimum atomic E-state index is -4.80. The molecule has 1 aromatic heterocycles. The Labute approximate surface area is 158 Å². The molecular weight excluding hydrogens is 373 g/mol. The lowest BCUT2D eigenvalue weighted by molar-refractivity contribution is -0.274. The summed E-state index contributed by atoms with van der Waals surface area (Å²) in [5.41, 5.74) is 2.15. The molecule has 0 radical (unpaired) electrons. The molecule has 0 saturated heterocycles. The summed E-state index contributed by atoms with van der Waals surface area (Å²) in [5.74, 6) is -0.999. The number of hydrogen-bond donors (Lipinski definition) is 1. The normalized spacial score (nSPS) is 11.5. The van der Waals surface area contributed by atoms with Crippen molar-refractivity contribution in [2.24, 2.45) is 0 Å². The molecule has 0 aliphatic heterocycles. The zero-order valence-corrected chi connectivity index (χ0v) is 15.1. The first-order chi connectivity index (χ1) is 13.2. The van der Waals surface area contributed by atoms with Crippen molar-refractivity contribution in [2.75, 3.05) is 7.05 Å². The molecule has 1 heterocycles. The molecule has 3 aromatic rings.